The first-order valence-corrected chi connectivity index (χ1v) is 6.51. The number of methoxy groups -OCH3 is 1. The molecule has 1 N–H and O–H groups in total. The lowest BCUT2D eigenvalue weighted by atomic mass is 10.2. The predicted molar refractivity (Wildman–Crippen MR) is 71.7 cm³/mol. The van der Waals surface area contributed by atoms with E-state index in [2.05, 4.69) is 34.2 Å². The largest absolute Gasteiger partial charge is 0.378 e. The molecule has 5 nitrogen and oxygen atoms in total. The van der Waals surface area contributed by atoms with Gasteiger partial charge in [-0.05, 0) is 19.0 Å². The molecule has 0 radical (unpaired) electrons. The minimum atomic E-state index is 0.203. The molecule has 1 fully saturated rings. The quantitative estimate of drug-likeness (QED) is 0.850. The second-order valence-electron chi connectivity index (χ2n) is 4.91. The van der Waals surface area contributed by atoms with Gasteiger partial charge in [0.15, 0.2) is 0 Å². The van der Waals surface area contributed by atoms with Crippen LogP contribution in [0.4, 0.5) is 5.95 Å². The van der Waals surface area contributed by atoms with Gasteiger partial charge in [0.1, 0.15) is 0 Å². The van der Waals surface area contributed by atoms with Crippen LogP contribution in [0, 0.1) is 0 Å². The molecule has 2 rings (SSSR count). The van der Waals surface area contributed by atoms with E-state index in [1.54, 1.807) is 7.11 Å². The van der Waals surface area contributed by atoms with Gasteiger partial charge in [0.2, 0.25) is 5.95 Å². The molecule has 0 amide bonds. The maximum Gasteiger partial charge on any atom is 0.222 e. The van der Waals surface area contributed by atoms with Gasteiger partial charge in [0.05, 0.1) is 12.1 Å². The summed E-state index contributed by atoms with van der Waals surface area (Å²) in [6.45, 7) is 4.06. The number of ether oxygens (including phenoxy) is 1. The fourth-order valence-electron chi connectivity index (χ4n) is 2.35. The Hall–Kier alpha value is -1.20. The van der Waals surface area contributed by atoms with Crippen molar-refractivity contribution in [1.82, 2.24) is 14.9 Å². The van der Waals surface area contributed by atoms with Gasteiger partial charge in [0, 0.05) is 32.6 Å². The van der Waals surface area contributed by atoms with Crippen LogP contribution in [-0.2, 0) is 11.2 Å². The van der Waals surface area contributed by atoms with Crippen LogP contribution in [0.15, 0.2) is 12.4 Å². The first-order chi connectivity index (χ1) is 8.72. The summed E-state index contributed by atoms with van der Waals surface area (Å²) < 4.78 is 5.47. The molecule has 2 heterocycles. The molecule has 0 spiro atoms. The molecule has 1 aromatic heterocycles. The second-order valence-corrected chi connectivity index (χ2v) is 4.91. The smallest absolute Gasteiger partial charge is 0.222 e. The summed E-state index contributed by atoms with van der Waals surface area (Å²) in [5.41, 5.74) is 1.19. The molecule has 1 aliphatic rings. The number of hydrogen-bond donors (Lipinski definition) is 1. The number of nitrogens with one attached hydrogen (secondary N) is 1. The van der Waals surface area contributed by atoms with Gasteiger partial charge in [0.25, 0.3) is 0 Å². The fourth-order valence-corrected chi connectivity index (χ4v) is 2.35. The third-order valence-corrected chi connectivity index (χ3v) is 3.31. The van der Waals surface area contributed by atoms with E-state index in [1.807, 2.05) is 12.4 Å². The molecule has 2 atom stereocenters. The number of nitrogens with zero attached hydrogens (tertiary/aromatic N) is 3. The lowest BCUT2D eigenvalue weighted by molar-refractivity contribution is 0.104. The Kier molecular flexibility index (Phi) is 4.49. The van der Waals surface area contributed by atoms with E-state index in [-0.39, 0.29) is 12.1 Å². The Balaban J connectivity index is 1.96. The molecule has 0 aliphatic carbocycles. The van der Waals surface area contributed by atoms with E-state index in [0.29, 0.717) is 5.95 Å². The standard InChI is InChI=1S/C13H22N4O/c1-4-5-10-6-14-13(15-7-10)16-11-8-17(2)9-12(11)18-3/h6-7,11-12H,4-5,8-9H2,1-3H3,(H,14,15,16)/t11-,12-/m0/s1. The highest BCUT2D eigenvalue weighted by Crippen LogP contribution is 2.15. The molecule has 0 bridgehead atoms. The van der Waals surface area contributed by atoms with Crippen LogP contribution in [0.2, 0.25) is 0 Å². The minimum Gasteiger partial charge on any atom is -0.378 e. The molecule has 18 heavy (non-hydrogen) atoms. The highest BCUT2D eigenvalue weighted by Gasteiger charge is 2.31. The third-order valence-electron chi connectivity index (χ3n) is 3.31. The van der Waals surface area contributed by atoms with Crippen molar-refractivity contribution in [2.75, 3.05) is 32.6 Å². The molecular formula is C13H22N4O. The summed E-state index contributed by atoms with van der Waals surface area (Å²) in [5.74, 6) is 0.692. The monoisotopic (exact) mass is 250 g/mol. The van der Waals surface area contributed by atoms with Crippen molar-refractivity contribution in [3.63, 3.8) is 0 Å². The molecule has 1 aromatic rings. The number of aryl methyl sites for hydroxylation is 1. The van der Waals surface area contributed by atoms with E-state index >= 15 is 0 Å². The van der Waals surface area contributed by atoms with Gasteiger partial charge >= 0.3 is 0 Å². The summed E-state index contributed by atoms with van der Waals surface area (Å²) >= 11 is 0. The maximum absolute atomic E-state index is 5.47. The Morgan fingerprint density at radius 3 is 2.72 bits per heavy atom. The zero-order valence-corrected chi connectivity index (χ0v) is 11.4. The second kappa shape index (κ2) is 6.11. The zero-order chi connectivity index (χ0) is 13.0. The summed E-state index contributed by atoms with van der Waals surface area (Å²) in [7, 11) is 3.85. The summed E-state index contributed by atoms with van der Waals surface area (Å²) in [5, 5.41) is 3.35. The number of anilines is 1. The molecule has 1 saturated heterocycles. The fraction of sp³-hybridized carbons (Fsp3) is 0.692. The molecule has 5 heteroatoms. The van der Waals surface area contributed by atoms with Crippen LogP contribution < -0.4 is 5.32 Å². The Bertz CT molecular complexity index is 368. The van der Waals surface area contributed by atoms with Crippen LogP contribution in [-0.4, -0.2) is 54.3 Å². The third kappa shape index (κ3) is 3.17. The van der Waals surface area contributed by atoms with Crippen LogP contribution in [0.1, 0.15) is 18.9 Å². The van der Waals surface area contributed by atoms with Crippen LogP contribution in [0.25, 0.3) is 0 Å². The van der Waals surface area contributed by atoms with Crippen molar-refractivity contribution < 1.29 is 4.74 Å². The topological polar surface area (TPSA) is 50.3 Å². The molecule has 0 saturated carbocycles. The average Bonchev–Trinajstić information content (AvgIpc) is 2.72. The SMILES string of the molecule is CCCc1cnc(N[C@H]2CN(C)C[C@@H]2OC)nc1. The van der Waals surface area contributed by atoms with Crippen molar-refractivity contribution in [3.05, 3.63) is 18.0 Å². The number of aromatic nitrogens is 2. The van der Waals surface area contributed by atoms with E-state index in [0.717, 1.165) is 25.9 Å². The van der Waals surface area contributed by atoms with Gasteiger partial charge in [-0.2, -0.15) is 0 Å². The summed E-state index contributed by atoms with van der Waals surface area (Å²) in [4.78, 5) is 11.0. The Morgan fingerprint density at radius 2 is 2.11 bits per heavy atom. The van der Waals surface area contributed by atoms with E-state index in [1.165, 1.54) is 5.56 Å². The van der Waals surface area contributed by atoms with Crippen molar-refractivity contribution in [2.45, 2.75) is 31.9 Å². The first kappa shape index (κ1) is 13.2. The van der Waals surface area contributed by atoms with E-state index in [9.17, 15) is 0 Å². The van der Waals surface area contributed by atoms with Gasteiger partial charge < -0.3 is 15.0 Å². The van der Waals surface area contributed by atoms with Crippen molar-refractivity contribution in [1.29, 1.82) is 0 Å². The zero-order valence-electron chi connectivity index (χ0n) is 11.4. The number of likely N-dealkylation sites (N-methyl/N-ethyl adjacent to an activating group) is 1. The van der Waals surface area contributed by atoms with Crippen LogP contribution in [0.5, 0.6) is 0 Å². The highest BCUT2D eigenvalue weighted by molar-refractivity contribution is 5.28. The van der Waals surface area contributed by atoms with Gasteiger partial charge in [-0.3, -0.25) is 0 Å². The number of hydrogen-bond acceptors (Lipinski definition) is 5. The van der Waals surface area contributed by atoms with E-state index in [4.69, 9.17) is 4.74 Å². The van der Waals surface area contributed by atoms with Crippen LogP contribution in [0.3, 0.4) is 0 Å². The van der Waals surface area contributed by atoms with E-state index < -0.39 is 0 Å². The highest BCUT2D eigenvalue weighted by atomic mass is 16.5. The molecular weight excluding hydrogens is 228 g/mol. The Labute approximate surface area is 109 Å². The molecule has 0 aromatic carbocycles. The molecule has 1 aliphatic heterocycles. The molecule has 100 valence electrons. The predicted octanol–water partition coefficient (Wildman–Crippen LogP) is 1.17. The average molecular weight is 250 g/mol. The summed E-state index contributed by atoms with van der Waals surface area (Å²) in [6, 6.07) is 0.261. The lowest BCUT2D eigenvalue weighted by Crippen LogP contribution is -2.34. The number of likely N-dealkylation sites (tertiary alicyclic amines) is 1. The van der Waals surface area contributed by atoms with Gasteiger partial charge in [-0.15, -0.1) is 0 Å². The first-order valence-electron chi connectivity index (χ1n) is 6.51. The lowest BCUT2D eigenvalue weighted by Gasteiger charge is -2.18. The van der Waals surface area contributed by atoms with Gasteiger partial charge in [-0.25, -0.2) is 9.97 Å². The normalized spacial score (nSPS) is 24.4. The van der Waals surface area contributed by atoms with Crippen molar-refractivity contribution >= 4 is 5.95 Å². The number of rotatable bonds is 5. The molecule has 0 unspecified atom stereocenters. The minimum absolute atomic E-state index is 0.203. The van der Waals surface area contributed by atoms with Crippen molar-refractivity contribution in [2.24, 2.45) is 0 Å². The maximum atomic E-state index is 5.47. The Morgan fingerprint density at radius 1 is 1.39 bits per heavy atom. The van der Waals surface area contributed by atoms with Crippen molar-refractivity contribution in [3.8, 4) is 0 Å². The van der Waals surface area contributed by atoms with Crippen LogP contribution >= 0.6 is 0 Å². The van der Waals surface area contributed by atoms with Gasteiger partial charge in [-0.1, -0.05) is 13.3 Å². The summed E-state index contributed by atoms with van der Waals surface area (Å²) in [6.07, 6.45) is 6.16.